The molecule has 0 aliphatic heterocycles. The van der Waals surface area contributed by atoms with Crippen molar-refractivity contribution in [3.05, 3.63) is 65.2 Å². The van der Waals surface area contributed by atoms with Gasteiger partial charge in [0.1, 0.15) is 5.75 Å². The lowest BCUT2D eigenvalue weighted by atomic mass is 10.1. The molecule has 24 heavy (non-hydrogen) atoms. The van der Waals surface area contributed by atoms with Crippen molar-refractivity contribution in [1.82, 2.24) is 10.2 Å². The molecule has 4 nitrogen and oxygen atoms in total. The first-order valence-electron chi connectivity index (χ1n) is 8.19. The number of hydrogen-bond donors (Lipinski definition) is 1. The smallest absolute Gasteiger partial charge is 0.220 e. The number of hydrogen-bond acceptors (Lipinski definition) is 3. The molecule has 2 aromatic carbocycles. The van der Waals surface area contributed by atoms with Crippen molar-refractivity contribution in [2.45, 2.75) is 25.9 Å². The van der Waals surface area contributed by atoms with Crippen LogP contribution >= 0.6 is 0 Å². The minimum atomic E-state index is 0.0724. The molecule has 0 fully saturated rings. The van der Waals surface area contributed by atoms with E-state index in [4.69, 9.17) is 4.74 Å². The van der Waals surface area contributed by atoms with Crippen molar-refractivity contribution in [3.8, 4) is 5.75 Å². The van der Waals surface area contributed by atoms with Crippen molar-refractivity contribution >= 4 is 5.91 Å². The summed E-state index contributed by atoms with van der Waals surface area (Å²) in [6, 6.07) is 16.2. The van der Waals surface area contributed by atoms with Gasteiger partial charge in [0.05, 0.1) is 7.11 Å². The summed E-state index contributed by atoms with van der Waals surface area (Å²) in [4.78, 5) is 14.1. The van der Waals surface area contributed by atoms with E-state index in [2.05, 4.69) is 48.6 Å². The van der Waals surface area contributed by atoms with Gasteiger partial charge in [0.15, 0.2) is 0 Å². The van der Waals surface area contributed by atoms with E-state index in [-0.39, 0.29) is 5.91 Å². The van der Waals surface area contributed by atoms with E-state index in [1.165, 1.54) is 5.56 Å². The fourth-order valence-electron chi connectivity index (χ4n) is 2.47. The molecule has 0 aliphatic carbocycles. The van der Waals surface area contributed by atoms with E-state index in [1.807, 2.05) is 24.3 Å². The highest BCUT2D eigenvalue weighted by Gasteiger charge is 2.03. The molecule has 0 heterocycles. The van der Waals surface area contributed by atoms with E-state index in [9.17, 15) is 4.79 Å². The quantitative estimate of drug-likeness (QED) is 0.811. The Labute approximate surface area is 144 Å². The van der Waals surface area contributed by atoms with Crippen LogP contribution in [0.5, 0.6) is 5.75 Å². The zero-order valence-corrected chi connectivity index (χ0v) is 14.7. The molecular weight excluding hydrogens is 300 g/mol. The number of amides is 1. The lowest BCUT2D eigenvalue weighted by Crippen LogP contribution is -2.23. The molecule has 0 bridgehead atoms. The predicted octanol–water partition coefficient (Wildman–Crippen LogP) is 3.01. The van der Waals surface area contributed by atoms with Crippen LogP contribution < -0.4 is 10.1 Å². The van der Waals surface area contributed by atoms with E-state index in [0.717, 1.165) is 29.8 Å². The second-order valence-electron chi connectivity index (χ2n) is 6.18. The molecule has 1 N–H and O–H groups in total. The van der Waals surface area contributed by atoms with Crippen molar-refractivity contribution < 1.29 is 9.53 Å². The number of aryl methyl sites for hydroxylation is 1. The van der Waals surface area contributed by atoms with Gasteiger partial charge in [-0.05, 0) is 49.3 Å². The molecule has 0 aromatic heterocycles. The number of carbonyl (C=O) groups excluding carboxylic acids is 1. The third-order valence-electron chi connectivity index (χ3n) is 3.81. The Balaban J connectivity index is 1.74. The summed E-state index contributed by atoms with van der Waals surface area (Å²) in [6.45, 7) is 1.50. The van der Waals surface area contributed by atoms with Crippen LogP contribution in [0.1, 0.15) is 23.1 Å². The normalized spacial score (nSPS) is 10.7. The Morgan fingerprint density at radius 2 is 1.54 bits per heavy atom. The molecule has 0 saturated carbocycles. The van der Waals surface area contributed by atoms with E-state index in [0.29, 0.717) is 13.0 Å². The summed E-state index contributed by atoms with van der Waals surface area (Å²) in [5, 5.41) is 2.98. The summed E-state index contributed by atoms with van der Waals surface area (Å²) in [6.07, 6.45) is 1.22. The fourth-order valence-corrected chi connectivity index (χ4v) is 2.47. The van der Waals surface area contributed by atoms with Crippen LogP contribution in [0.25, 0.3) is 0 Å². The molecule has 1 amide bonds. The van der Waals surface area contributed by atoms with Crippen LogP contribution in [0, 0.1) is 0 Å². The van der Waals surface area contributed by atoms with Crippen molar-refractivity contribution in [3.63, 3.8) is 0 Å². The summed E-state index contributed by atoms with van der Waals surface area (Å²) in [7, 11) is 5.75. The monoisotopic (exact) mass is 326 g/mol. The minimum absolute atomic E-state index is 0.0724. The van der Waals surface area contributed by atoms with Gasteiger partial charge in [-0.1, -0.05) is 36.4 Å². The first-order valence-corrected chi connectivity index (χ1v) is 8.19. The highest BCUT2D eigenvalue weighted by Crippen LogP contribution is 2.12. The third kappa shape index (κ3) is 6.05. The maximum atomic E-state index is 12.0. The Morgan fingerprint density at radius 3 is 2.12 bits per heavy atom. The first kappa shape index (κ1) is 18.0. The van der Waals surface area contributed by atoms with Gasteiger partial charge in [0, 0.05) is 19.5 Å². The second-order valence-corrected chi connectivity index (χ2v) is 6.18. The SMILES string of the molecule is COc1ccc(CCC(=O)NCc2ccc(CN(C)C)cc2)cc1. The molecule has 0 spiro atoms. The van der Waals surface area contributed by atoms with Gasteiger partial charge in [-0.15, -0.1) is 0 Å². The largest absolute Gasteiger partial charge is 0.497 e. The van der Waals surface area contributed by atoms with Crippen molar-refractivity contribution in [2.24, 2.45) is 0 Å². The second kappa shape index (κ2) is 9.08. The minimum Gasteiger partial charge on any atom is -0.497 e. The topological polar surface area (TPSA) is 41.6 Å². The Hall–Kier alpha value is -2.33. The van der Waals surface area contributed by atoms with Gasteiger partial charge in [0.25, 0.3) is 0 Å². The average molecular weight is 326 g/mol. The molecule has 0 radical (unpaired) electrons. The fraction of sp³-hybridized carbons (Fsp3) is 0.350. The highest BCUT2D eigenvalue weighted by atomic mass is 16.5. The summed E-state index contributed by atoms with van der Waals surface area (Å²) in [5.74, 6) is 0.907. The van der Waals surface area contributed by atoms with Crippen LogP contribution in [0.3, 0.4) is 0 Å². The van der Waals surface area contributed by atoms with E-state index >= 15 is 0 Å². The van der Waals surface area contributed by atoms with E-state index < -0.39 is 0 Å². The summed E-state index contributed by atoms with van der Waals surface area (Å²) >= 11 is 0. The molecule has 0 aliphatic rings. The summed E-state index contributed by atoms with van der Waals surface area (Å²) < 4.78 is 5.13. The Kier molecular flexibility index (Phi) is 6.82. The van der Waals surface area contributed by atoms with Crippen LogP contribution in [0.2, 0.25) is 0 Å². The lowest BCUT2D eigenvalue weighted by Gasteiger charge is -2.10. The molecule has 0 unspecified atom stereocenters. The molecule has 0 saturated heterocycles. The van der Waals surface area contributed by atoms with Crippen LogP contribution in [-0.4, -0.2) is 32.0 Å². The molecule has 128 valence electrons. The maximum absolute atomic E-state index is 12.0. The van der Waals surface area contributed by atoms with Crippen LogP contribution in [-0.2, 0) is 24.3 Å². The number of rotatable bonds is 8. The van der Waals surface area contributed by atoms with Gasteiger partial charge in [-0.3, -0.25) is 4.79 Å². The van der Waals surface area contributed by atoms with Gasteiger partial charge in [-0.25, -0.2) is 0 Å². The number of benzene rings is 2. The Bertz CT molecular complexity index is 634. The predicted molar refractivity (Wildman–Crippen MR) is 97.0 cm³/mol. The van der Waals surface area contributed by atoms with Crippen molar-refractivity contribution in [1.29, 1.82) is 0 Å². The molecule has 0 atom stereocenters. The number of nitrogens with one attached hydrogen (secondary N) is 1. The van der Waals surface area contributed by atoms with Crippen LogP contribution in [0.15, 0.2) is 48.5 Å². The van der Waals surface area contributed by atoms with Crippen LogP contribution in [0.4, 0.5) is 0 Å². The van der Waals surface area contributed by atoms with Gasteiger partial charge in [-0.2, -0.15) is 0 Å². The summed E-state index contributed by atoms with van der Waals surface area (Å²) in [5.41, 5.74) is 3.53. The van der Waals surface area contributed by atoms with Gasteiger partial charge >= 0.3 is 0 Å². The average Bonchev–Trinajstić information content (AvgIpc) is 2.59. The number of ether oxygens (including phenoxy) is 1. The maximum Gasteiger partial charge on any atom is 0.220 e. The number of methoxy groups -OCH3 is 1. The molecular formula is C20H26N2O2. The van der Waals surface area contributed by atoms with Crippen molar-refractivity contribution in [2.75, 3.05) is 21.2 Å². The van der Waals surface area contributed by atoms with Gasteiger partial charge < -0.3 is 15.0 Å². The zero-order chi connectivity index (χ0) is 17.4. The van der Waals surface area contributed by atoms with E-state index in [1.54, 1.807) is 7.11 Å². The third-order valence-corrected chi connectivity index (χ3v) is 3.81. The molecule has 2 rings (SSSR count). The highest BCUT2D eigenvalue weighted by molar-refractivity contribution is 5.76. The number of carbonyl (C=O) groups is 1. The zero-order valence-electron chi connectivity index (χ0n) is 14.7. The number of nitrogens with zero attached hydrogens (tertiary/aromatic N) is 1. The lowest BCUT2D eigenvalue weighted by molar-refractivity contribution is -0.121. The standard InChI is InChI=1S/C20H26N2O2/c1-22(2)15-18-6-4-17(5-7-18)14-21-20(23)13-10-16-8-11-19(24-3)12-9-16/h4-9,11-12H,10,13-15H2,1-3H3,(H,21,23). The first-order chi connectivity index (χ1) is 11.6. The molecule has 2 aromatic rings. The Morgan fingerprint density at radius 1 is 0.958 bits per heavy atom. The molecule has 4 heteroatoms. The van der Waals surface area contributed by atoms with Gasteiger partial charge in [0.2, 0.25) is 5.91 Å².